The Hall–Kier alpha value is -1.46. The molecule has 1 fully saturated rings. The van der Waals surface area contributed by atoms with E-state index in [-0.39, 0.29) is 0 Å². The van der Waals surface area contributed by atoms with Crippen LogP contribution in [0.2, 0.25) is 0 Å². The van der Waals surface area contributed by atoms with Gasteiger partial charge in [0.25, 0.3) is 0 Å². The van der Waals surface area contributed by atoms with Crippen LogP contribution in [0, 0.1) is 0 Å². The Kier molecular flexibility index (Phi) is 4.51. The third kappa shape index (κ3) is 3.24. The topological polar surface area (TPSA) is 49.0 Å². The van der Waals surface area contributed by atoms with Gasteiger partial charge in [-0.2, -0.15) is 0 Å². The molecule has 0 bridgehead atoms. The van der Waals surface area contributed by atoms with E-state index in [0.29, 0.717) is 31.1 Å². The highest BCUT2D eigenvalue weighted by atomic mass is 16.6. The van der Waals surface area contributed by atoms with Crippen molar-refractivity contribution in [2.45, 2.75) is 38.5 Å². The van der Waals surface area contributed by atoms with Gasteiger partial charge in [0.15, 0.2) is 11.5 Å². The van der Waals surface area contributed by atoms with Crippen molar-refractivity contribution in [2.24, 2.45) is 0 Å². The normalized spacial score (nSPS) is 23.5. The fourth-order valence-corrected chi connectivity index (χ4v) is 2.80. The smallest absolute Gasteiger partial charge is 0.203 e. The Labute approximate surface area is 125 Å². The van der Waals surface area contributed by atoms with Crippen molar-refractivity contribution < 1.29 is 18.9 Å². The van der Waals surface area contributed by atoms with Crippen LogP contribution in [0.5, 0.6) is 17.2 Å². The number of benzene rings is 1. The van der Waals surface area contributed by atoms with Crippen molar-refractivity contribution in [1.29, 1.82) is 0 Å². The molecule has 1 N–H and O–H groups in total. The lowest BCUT2D eigenvalue weighted by atomic mass is 9.89. The molecule has 0 saturated heterocycles. The van der Waals surface area contributed by atoms with Gasteiger partial charge in [-0.15, -0.1) is 0 Å². The number of fused-ring (bicyclic) bond motifs is 1. The third-order valence-electron chi connectivity index (χ3n) is 3.98. The SMILES string of the molecule is CCOC1CC(NCc2cc(OC)c3c(c2)OCCO3)C1. The van der Waals surface area contributed by atoms with Crippen LogP contribution in [0.15, 0.2) is 12.1 Å². The summed E-state index contributed by atoms with van der Waals surface area (Å²) in [6.07, 6.45) is 2.62. The first-order chi connectivity index (χ1) is 10.3. The van der Waals surface area contributed by atoms with E-state index in [1.54, 1.807) is 7.11 Å². The van der Waals surface area contributed by atoms with E-state index in [2.05, 4.69) is 5.32 Å². The summed E-state index contributed by atoms with van der Waals surface area (Å²) in [5.74, 6) is 2.23. The van der Waals surface area contributed by atoms with Gasteiger partial charge in [-0.05, 0) is 37.5 Å². The first-order valence-electron chi connectivity index (χ1n) is 7.61. The van der Waals surface area contributed by atoms with Crippen molar-refractivity contribution in [1.82, 2.24) is 5.32 Å². The Morgan fingerprint density at radius 3 is 2.81 bits per heavy atom. The van der Waals surface area contributed by atoms with Crippen molar-refractivity contribution >= 4 is 0 Å². The van der Waals surface area contributed by atoms with E-state index >= 15 is 0 Å². The molecular formula is C16H23NO4. The molecule has 0 aromatic heterocycles. The Morgan fingerprint density at radius 1 is 1.24 bits per heavy atom. The molecular weight excluding hydrogens is 270 g/mol. The van der Waals surface area contributed by atoms with Gasteiger partial charge in [-0.3, -0.25) is 0 Å². The largest absolute Gasteiger partial charge is 0.493 e. The minimum atomic E-state index is 0.433. The maximum absolute atomic E-state index is 5.65. The van der Waals surface area contributed by atoms with Crippen molar-refractivity contribution in [3.63, 3.8) is 0 Å². The average Bonchev–Trinajstić information content (AvgIpc) is 2.48. The summed E-state index contributed by atoms with van der Waals surface area (Å²) in [7, 11) is 1.66. The van der Waals surface area contributed by atoms with Gasteiger partial charge in [-0.25, -0.2) is 0 Å². The number of ether oxygens (including phenoxy) is 4. The van der Waals surface area contributed by atoms with E-state index in [4.69, 9.17) is 18.9 Å². The zero-order valence-corrected chi connectivity index (χ0v) is 12.7. The van der Waals surface area contributed by atoms with Crippen LogP contribution in [0.1, 0.15) is 25.3 Å². The van der Waals surface area contributed by atoms with E-state index in [1.165, 1.54) is 0 Å². The predicted octanol–water partition coefficient (Wildman–Crippen LogP) is 2.12. The van der Waals surface area contributed by atoms with Crippen LogP contribution in [0.25, 0.3) is 0 Å². The highest BCUT2D eigenvalue weighted by Crippen LogP contribution is 2.40. The van der Waals surface area contributed by atoms with Gasteiger partial charge in [0.1, 0.15) is 13.2 Å². The van der Waals surface area contributed by atoms with Crippen LogP contribution >= 0.6 is 0 Å². The van der Waals surface area contributed by atoms with E-state index in [9.17, 15) is 0 Å². The molecule has 3 rings (SSSR count). The summed E-state index contributed by atoms with van der Waals surface area (Å²) in [5, 5.41) is 3.55. The Balaban J connectivity index is 1.58. The number of nitrogens with one attached hydrogen (secondary N) is 1. The zero-order chi connectivity index (χ0) is 14.7. The number of hydrogen-bond donors (Lipinski definition) is 1. The molecule has 0 atom stereocenters. The second kappa shape index (κ2) is 6.54. The molecule has 1 aromatic carbocycles. The van der Waals surface area contributed by atoms with E-state index < -0.39 is 0 Å². The van der Waals surface area contributed by atoms with Gasteiger partial charge in [-0.1, -0.05) is 0 Å². The molecule has 0 radical (unpaired) electrons. The minimum absolute atomic E-state index is 0.433. The molecule has 116 valence electrons. The molecule has 0 unspecified atom stereocenters. The minimum Gasteiger partial charge on any atom is -0.493 e. The van der Waals surface area contributed by atoms with Crippen LogP contribution in [-0.4, -0.2) is 39.1 Å². The molecule has 21 heavy (non-hydrogen) atoms. The van der Waals surface area contributed by atoms with Gasteiger partial charge in [0, 0.05) is 19.2 Å². The number of methoxy groups -OCH3 is 1. The zero-order valence-electron chi connectivity index (χ0n) is 12.7. The lowest BCUT2D eigenvalue weighted by Gasteiger charge is -2.35. The molecule has 0 spiro atoms. The quantitative estimate of drug-likeness (QED) is 0.870. The van der Waals surface area contributed by atoms with Gasteiger partial charge in [0.2, 0.25) is 5.75 Å². The number of hydrogen-bond acceptors (Lipinski definition) is 5. The molecule has 1 aromatic rings. The third-order valence-corrected chi connectivity index (χ3v) is 3.98. The highest BCUT2D eigenvalue weighted by Gasteiger charge is 2.29. The van der Waals surface area contributed by atoms with E-state index in [0.717, 1.165) is 43.1 Å². The second-order valence-electron chi connectivity index (χ2n) is 5.45. The lowest BCUT2D eigenvalue weighted by Crippen LogP contribution is -2.45. The standard InChI is InChI=1S/C16H23NO4/c1-3-19-13-8-12(9-13)17-10-11-6-14(18-2)16-15(7-11)20-4-5-21-16/h6-7,12-13,17H,3-5,8-10H2,1-2H3. The molecule has 1 saturated carbocycles. The molecule has 1 heterocycles. The monoisotopic (exact) mass is 293 g/mol. The molecule has 5 nitrogen and oxygen atoms in total. The Morgan fingerprint density at radius 2 is 2.05 bits per heavy atom. The van der Waals surface area contributed by atoms with Crippen LogP contribution < -0.4 is 19.5 Å². The second-order valence-corrected chi connectivity index (χ2v) is 5.45. The molecule has 0 amide bonds. The predicted molar refractivity (Wildman–Crippen MR) is 79.3 cm³/mol. The van der Waals surface area contributed by atoms with Gasteiger partial charge >= 0.3 is 0 Å². The van der Waals surface area contributed by atoms with Crippen molar-refractivity contribution in [3.05, 3.63) is 17.7 Å². The molecule has 5 heteroatoms. The summed E-state index contributed by atoms with van der Waals surface area (Å²) in [5.41, 5.74) is 1.15. The number of rotatable bonds is 6. The maximum atomic E-state index is 5.65. The summed E-state index contributed by atoms with van der Waals surface area (Å²) in [6, 6.07) is 4.59. The van der Waals surface area contributed by atoms with Crippen molar-refractivity contribution in [3.8, 4) is 17.2 Å². The summed E-state index contributed by atoms with van der Waals surface area (Å²) in [4.78, 5) is 0. The Bertz CT molecular complexity index is 468. The first-order valence-corrected chi connectivity index (χ1v) is 7.61. The van der Waals surface area contributed by atoms with Crippen LogP contribution in [0.3, 0.4) is 0 Å². The van der Waals surface area contributed by atoms with Gasteiger partial charge < -0.3 is 24.3 Å². The lowest BCUT2D eigenvalue weighted by molar-refractivity contribution is -0.0102. The molecule has 1 aliphatic heterocycles. The van der Waals surface area contributed by atoms with Crippen LogP contribution in [0.4, 0.5) is 0 Å². The van der Waals surface area contributed by atoms with Gasteiger partial charge in [0.05, 0.1) is 13.2 Å². The summed E-state index contributed by atoms with van der Waals surface area (Å²) < 4.78 is 22.2. The van der Waals surface area contributed by atoms with Crippen molar-refractivity contribution in [2.75, 3.05) is 26.9 Å². The maximum Gasteiger partial charge on any atom is 0.203 e. The highest BCUT2D eigenvalue weighted by molar-refractivity contribution is 5.54. The van der Waals surface area contributed by atoms with E-state index in [1.807, 2.05) is 19.1 Å². The fourth-order valence-electron chi connectivity index (χ4n) is 2.80. The summed E-state index contributed by atoms with van der Waals surface area (Å²) in [6.45, 7) is 4.81. The first kappa shape index (κ1) is 14.5. The fraction of sp³-hybridized carbons (Fsp3) is 0.625. The van der Waals surface area contributed by atoms with Crippen LogP contribution in [-0.2, 0) is 11.3 Å². The summed E-state index contributed by atoms with van der Waals surface area (Å²) >= 11 is 0. The average molecular weight is 293 g/mol. The molecule has 2 aliphatic rings. The molecule has 1 aliphatic carbocycles.